The average Bonchev–Trinajstić information content (AvgIpc) is 2.25. The van der Waals surface area contributed by atoms with Crippen molar-refractivity contribution in [2.24, 2.45) is 0 Å². The molecule has 0 fully saturated rings. The van der Waals surface area contributed by atoms with Crippen molar-refractivity contribution in [3.8, 4) is 5.75 Å². The third-order valence-electron chi connectivity index (χ3n) is 1.62. The van der Waals surface area contributed by atoms with Gasteiger partial charge in [0.15, 0.2) is 6.61 Å². The van der Waals surface area contributed by atoms with Crippen molar-refractivity contribution >= 4 is 30.1 Å². The Hall–Kier alpha value is -0.870. The van der Waals surface area contributed by atoms with Crippen LogP contribution in [0.5, 0.6) is 5.75 Å². The third-order valence-corrected chi connectivity index (χ3v) is 2.09. The van der Waals surface area contributed by atoms with Gasteiger partial charge in [-0.3, -0.25) is 4.79 Å². The second kappa shape index (κ2) is 6.58. The molecule has 1 aromatic rings. The number of rotatable bonds is 5. The molecule has 0 aliphatic heterocycles. The average molecular weight is 246 g/mol. The quantitative estimate of drug-likeness (QED) is 0.776. The minimum atomic E-state index is -0.154. The Bertz CT molecular complexity index is 316. The van der Waals surface area contributed by atoms with Gasteiger partial charge >= 0.3 is 0 Å². The lowest BCUT2D eigenvalue weighted by Gasteiger charge is -2.06. The zero-order chi connectivity index (χ0) is 11.1. The van der Waals surface area contributed by atoms with Gasteiger partial charge in [0, 0.05) is 17.3 Å². The standard InChI is InChI=1S/C10H12ClNO2S/c11-8-1-3-9(4-2-8)14-7-10(13)12-5-6-15/h1-4,15H,5-7H2,(H,12,13). The molecule has 0 unspecified atom stereocenters. The van der Waals surface area contributed by atoms with Gasteiger partial charge in [-0.2, -0.15) is 12.6 Å². The molecular weight excluding hydrogens is 234 g/mol. The molecular formula is C10H12ClNO2S. The van der Waals surface area contributed by atoms with Crippen molar-refractivity contribution in [3.63, 3.8) is 0 Å². The molecule has 0 spiro atoms. The molecule has 0 heterocycles. The lowest BCUT2D eigenvalue weighted by atomic mass is 10.3. The van der Waals surface area contributed by atoms with Crippen LogP contribution < -0.4 is 10.1 Å². The number of thiol groups is 1. The van der Waals surface area contributed by atoms with Crippen molar-refractivity contribution in [2.45, 2.75) is 0 Å². The number of halogens is 1. The van der Waals surface area contributed by atoms with E-state index in [0.717, 1.165) is 0 Å². The molecule has 0 bridgehead atoms. The summed E-state index contributed by atoms with van der Waals surface area (Å²) in [7, 11) is 0. The largest absolute Gasteiger partial charge is 0.484 e. The minimum absolute atomic E-state index is 0.00934. The zero-order valence-electron chi connectivity index (χ0n) is 8.07. The lowest BCUT2D eigenvalue weighted by Crippen LogP contribution is -2.30. The van der Waals surface area contributed by atoms with E-state index in [-0.39, 0.29) is 12.5 Å². The fourth-order valence-corrected chi connectivity index (χ4v) is 1.16. The number of carbonyl (C=O) groups is 1. The molecule has 15 heavy (non-hydrogen) atoms. The normalized spacial score (nSPS) is 9.73. The highest BCUT2D eigenvalue weighted by molar-refractivity contribution is 7.80. The number of amides is 1. The second-order valence-corrected chi connectivity index (χ2v) is 3.70. The molecule has 0 saturated carbocycles. The molecule has 0 aliphatic carbocycles. The number of benzene rings is 1. The molecule has 0 radical (unpaired) electrons. The number of nitrogens with one attached hydrogen (secondary N) is 1. The van der Waals surface area contributed by atoms with E-state index < -0.39 is 0 Å². The Balaban J connectivity index is 2.30. The van der Waals surface area contributed by atoms with Crippen molar-refractivity contribution < 1.29 is 9.53 Å². The van der Waals surface area contributed by atoms with Crippen molar-refractivity contribution in [1.82, 2.24) is 5.32 Å². The Morgan fingerprint density at radius 1 is 1.40 bits per heavy atom. The molecule has 0 atom stereocenters. The summed E-state index contributed by atoms with van der Waals surface area (Å²) < 4.78 is 5.22. The SMILES string of the molecule is O=C(COc1ccc(Cl)cc1)NCCS. The van der Waals surface area contributed by atoms with E-state index in [9.17, 15) is 4.79 Å². The summed E-state index contributed by atoms with van der Waals surface area (Å²) >= 11 is 9.67. The first-order chi connectivity index (χ1) is 7.22. The minimum Gasteiger partial charge on any atom is -0.484 e. The van der Waals surface area contributed by atoms with E-state index >= 15 is 0 Å². The van der Waals surface area contributed by atoms with Crippen LogP contribution in [0.2, 0.25) is 5.02 Å². The summed E-state index contributed by atoms with van der Waals surface area (Å²) in [5, 5.41) is 3.29. The summed E-state index contributed by atoms with van der Waals surface area (Å²) in [6.45, 7) is 0.557. The predicted octanol–water partition coefficient (Wildman–Crippen LogP) is 1.76. The molecule has 0 aromatic heterocycles. The molecule has 0 aliphatic rings. The van der Waals surface area contributed by atoms with Crippen LogP contribution in [0, 0.1) is 0 Å². The molecule has 82 valence electrons. The molecule has 1 rings (SSSR count). The maximum atomic E-state index is 11.1. The number of hydrogen-bond acceptors (Lipinski definition) is 3. The first-order valence-corrected chi connectivity index (χ1v) is 5.49. The topological polar surface area (TPSA) is 38.3 Å². The summed E-state index contributed by atoms with van der Waals surface area (Å²) in [4.78, 5) is 11.1. The highest BCUT2D eigenvalue weighted by Crippen LogP contribution is 2.15. The molecule has 1 N–H and O–H groups in total. The third kappa shape index (κ3) is 4.95. The van der Waals surface area contributed by atoms with E-state index in [1.54, 1.807) is 24.3 Å². The first-order valence-electron chi connectivity index (χ1n) is 4.48. The van der Waals surface area contributed by atoms with Crippen LogP contribution in [-0.2, 0) is 4.79 Å². The summed E-state index contributed by atoms with van der Waals surface area (Å²) in [6.07, 6.45) is 0. The monoisotopic (exact) mass is 245 g/mol. The van der Waals surface area contributed by atoms with E-state index in [0.29, 0.717) is 23.1 Å². The molecule has 5 heteroatoms. The van der Waals surface area contributed by atoms with Gasteiger partial charge in [0.2, 0.25) is 0 Å². The number of carbonyl (C=O) groups excluding carboxylic acids is 1. The van der Waals surface area contributed by atoms with Gasteiger partial charge in [-0.05, 0) is 24.3 Å². The van der Waals surface area contributed by atoms with Crippen LogP contribution in [0.15, 0.2) is 24.3 Å². The molecule has 1 amide bonds. The van der Waals surface area contributed by atoms with Gasteiger partial charge < -0.3 is 10.1 Å². The van der Waals surface area contributed by atoms with Gasteiger partial charge in [-0.25, -0.2) is 0 Å². The Labute approximate surface area is 99.2 Å². The van der Waals surface area contributed by atoms with Gasteiger partial charge in [-0.15, -0.1) is 0 Å². The fraction of sp³-hybridized carbons (Fsp3) is 0.300. The lowest BCUT2D eigenvalue weighted by molar-refractivity contribution is -0.122. The Morgan fingerprint density at radius 3 is 2.67 bits per heavy atom. The Morgan fingerprint density at radius 2 is 2.07 bits per heavy atom. The van der Waals surface area contributed by atoms with E-state index in [2.05, 4.69) is 17.9 Å². The van der Waals surface area contributed by atoms with Crippen molar-refractivity contribution in [3.05, 3.63) is 29.3 Å². The van der Waals surface area contributed by atoms with Crippen LogP contribution in [0.25, 0.3) is 0 Å². The number of ether oxygens (including phenoxy) is 1. The van der Waals surface area contributed by atoms with Gasteiger partial charge in [0.05, 0.1) is 0 Å². The van der Waals surface area contributed by atoms with E-state index in [1.807, 2.05) is 0 Å². The number of hydrogen-bond donors (Lipinski definition) is 2. The molecule has 1 aromatic carbocycles. The Kier molecular flexibility index (Phi) is 5.36. The molecule has 3 nitrogen and oxygen atoms in total. The summed E-state index contributed by atoms with van der Waals surface area (Å²) in [6, 6.07) is 6.85. The maximum Gasteiger partial charge on any atom is 0.257 e. The summed E-state index contributed by atoms with van der Waals surface area (Å²) in [5.41, 5.74) is 0. The van der Waals surface area contributed by atoms with E-state index in [1.165, 1.54) is 0 Å². The van der Waals surface area contributed by atoms with Crippen LogP contribution >= 0.6 is 24.2 Å². The van der Waals surface area contributed by atoms with Gasteiger partial charge in [0.25, 0.3) is 5.91 Å². The van der Waals surface area contributed by atoms with Crippen LogP contribution in [0.4, 0.5) is 0 Å². The zero-order valence-corrected chi connectivity index (χ0v) is 9.72. The van der Waals surface area contributed by atoms with Crippen molar-refractivity contribution in [2.75, 3.05) is 18.9 Å². The van der Waals surface area contributed by atoms with Crippen LogP contribution in [0.1, 0.15) is 0 Å². The van der Waals surface area contributed by atoms with E-state index in [4.69, 9.17) is 16.3 Å². The fourth-order valence-electron chi connectivity index (χ4n) is 0.926. The van der Waals surface area contributed by atoms with Crippen molar-refractivity contribution in [1.29, 1.82) is 0 Å². The van der Waals surface area contributed by atoms with Crippen LogP contribution in [-0.4, -0.2) is 24.8 Å². The first kappa shape index (κ1) is 12.2. The van der Waals surface area contributed by atoms with Gasteiger partial charge in [-0.1, -0.05) is 11.6 Å². The highest BCUT2D eigenvalue weighted by Gasteiger charge is 2.00. The van der Waals surface area contributed by atoms with Crippen LogP contribution in [0.3, 0.4) is 0 Å². The second-order valence-electron chi connectivity index (χ2n) is 2.82. The predicted molar refractivity (Wildman–Crippen MR) is 63.8 cm³/mol. The highest BCUT2D eigenvalue weighted by atomic mass is 35.5. The smallest absolute Gasteiger partial charge is 0.257 e. The summed E-state index contributed by atoms with van der Waals surface area (Å²) in [5.74, 6) is 1.09. The molecule has 0 saturated heterocycles. The maximum absolute atomic E-state index is 11.1. The van der Waals surface area contributed by atoms with Gasteiger partial charge in [0.1, 0.15) is 5.75 Å².